The lowest BCUT2D eigenvalue weighted by Gasteiger charge is -2.15. The predicted molar refractivity (Wildman–Crippen MR) is 40.6 cm³/mol. The van der Waals surface area contributed by atoms with Gasteiger partial charge < -0.3 is 4.74 Å². The average molecular weight is 140 g/mol. The lowest BCUT2D eigenvalue weighted by Crippen LogP contribution is -2.14. The van der Waals surface area contributed by atoms with Gasteiger partial charge in [-0.05, 0) is 26.4 Å². The van der Waals surface area contributed by atoms with Crippen molar-refractivity contribution in [3.63, 3.8) is 0 Å². The zero-order valence-electron chi connectivity index (χ0n) is 15.6. The van der Waals surface area contributed by atoms with Gasteiger partial charge >= 0.3 is 0 Å². The maximum atomic E-state index is 7.42. The van der Waals surface area contributed by atoms with Crippen molar-refractivity contribution in [2.45, 2.75) is 52.5 Å². The molecule has 0 aromatic heterocycles. The summed E-state index contributed by atoms with van der Waals surface area (Å²) in [6, 6.07) is 0. The van der Waals surface area contributed by atoms with Gasteiger partial charge in [-0.2, -0.15) is 0 Å². The van der Waals surface area contributed by atoms with Crippen LogP contribution < -0.4 is 0 Å². The van der Waals surface area contributed by atoms with Crippen LogP contribution in [-0.2, 0) is 4.74 Å². The van der Waals surface area contributed by atoms with Crippen molar-refractivity contribution in [3.8, 4) is 0 Å². The van der Waals surface area contributed by atoms with Crippen LogP contribution in [0.4, 0.5) is 0 Å². The summed E-state index contributed by atoms with van der Waals surface area (Å²) in [6.45, 7) is -3.89. The number of ether oxygens (including phenoxy) is 1. The van der Waals surface area contributed by atoms with E-state index in [9.17, 15) is 0 Å². The molecule has 0 amide bonds. The Hall–Kier alpha value is -0.0400. The summed E-state index contributed by atoms with van der Waals surface area (Å²) in [4.78, 5) is 0. The summed E-state index contributed by atoms with van der Waals surface area (Å²) >= 11 is 0. The number of hydrogen-bond donors (Lipinski definition) is 0. The number of hydrogen-bond acceptors (Lipinski definition) is 1. The van der Waals surface area contributed by atoms with Gasteiger partial charge in [0.25, 0.3) is 0 Å². The van der Waals surface area contributed by atoms with Crippen LogP contribution in [0.3, 0.4) is 0 Å². The largest absolute Gasteiger partial charge is 0.376 e. The minimum Gasteiger partial charge on any atom is -0.376 e. The van der Waals surface area contributed by atoms with Crippen LogP contribution >= 0.6 is 0 Å². The van der Waals surface area contributed by atoms with Gasteiger partial charge in [0.2, 0.25) is 0 Å². The van der Waals surface area contributed by atoms with Crippen molar-refractivity contribution in [2.75, 3.05) is 0 Å². The van der Waals surface area contributed by atoms with Crippen molar-refractivity contribution < 1.29 is 18.4 Å². The van der Waals surface area contributed by atoms with Crippen molar-refractivity contribution in [2.24, 2.45) is 0 Å². The average Bonchev–Trinajstić information content (AvgIpc) is 1.91. The molecule has 56 valence electrons. The molecule has 1 nitrogen and oxygen atoms in total. The Bertz CT molecular complexity index is 235. The maximum absolute atomic E-state index is 7.42. The first-order valence-electron chi connectivity index (χ1n) is 7.63. The van der Waals surface area contributed by atoms with Crippen LogP contribution in [0.1, 0.15) is 54.0 Å². The van der Waals surface area contributed by atoms with E-state index in [0.29, 0.717) is 0 Å². The molecule has 0 aliphatic rings. The highest BCUT2D eigenvalue weighted by atomic mass is 16.5. The van der Waals surface area contributed by atoms with E-state index in [2.05, 4.69) is 0 Å². The van der Waals surface area contributed by atoms with Crippen LogP contribution in [-0.4, -0.2) is 12.2 Å². The highest BCUT2D eigenvalue weighted by molar-refractivity contribution is 4.50. The maximum Gasteiger partial charge on any atom is 0.0548 e. The van der Waals surface area contributed by atoms with E-state index in [1.807, 2.05) is 0 Å². The molecule has 0 aliphatic heterocycles. The summed E-state index contributed by atoms with van der Waals surface area (Å²) in [5.41, 5.74) is 0. The molecule has 0 fully saturated rings. The topological polar surface area (TPSA) is 9.23 Å². The quantitative estimate of drug-likeness (QED) is 0.583. The Kier molecular flexibility index (Phi) is 0.939. The number of rotatable bonds is 4. The first kappa shape index (κ1) is 1.76. The highest BCUT2D eigenvalue weighted by Gasteiger charge is 2.02. The molecule has 0 saturated carbocycles. The SMILES string of the molecule is [2H]C([2H])([2H])[C@@H](O[C@@H](C([2H])([2H])[2H])C([2H])([2H])C)C([2H])([2H])C. The predicted octanol–water partition coefficient (Wildman–Crippen LogP) is 2.60. The van der Waals surface area contributed by atoms with Crippen LogP contribution in [0.2, 0.25) is 0 Å². The van der Waals surface area contributed by atoms with Crippen LogP contribution in [0.25, 0.3) is 0 Å². The van der Waals surface area contributed by atoms with E-state index in [1.54, 1.807) is 0 Å². The second kappa shape index (κ2) is 4.80. The fourth-order valence-electron chi connectivity index (χ4n) is 0.272. The molecule has 0 aliphatic carbocycles. The third kappa shape index (κ3) is 4.46. The molecule has 0 aromatic rings. The standard InChI is InChI=1S/C8H18O/c1-5-7(3)9-8(4)6-2/h7-8H,5-6H2,1-4H3/t7-,8+/i3D3,4D3,5D2,6D2. The molecule has 2 atom stereocenters. The molecule has 0 unspecified atom stereocenters. The Labute approximate surface area is 72.5 Å². The van der Waals surface area contributed by atoms with Crippen molar-refractivity contribution in [1.82, 2.24) is 0 Å². The van der Waals surface area contributed by atoms with Gasteiger partial charge in [0.1, 0.15) is 0 Å². The van der Waals surface area contributed by atoms with Crippen LogP contribution in [0, 0.1) is 0 Å². The van der Waals surface area contributed by atoms with E-state index in [4.69, 9.17) is 18.4 Å². The van der Waals surface area contributed by atoms with E-state index < -0.39 is 38.7 Å². The molecule has 0 aromatic carbocycles. The second-order valence-electron chi connectivity index (χ2n) is 1.47. The normalized spacial score (nSPS) is 39.8. The van der Waals surface area contributed by atoms with Gasteiger partial charge in [0, 0.05) is 13.7 Å². The van der Waals surface area contributed by atoms with Crippen molar-refractivity contribution in [1.29, 1.82) is 0 Å². The minimum absolute atomic E-state index is 0.950. The Morgan fingerprint density at radius 2 is 1.78 bits per heavy atom. The zero-order chi connectivity index (χ0) is 15.9. The molecule has 0 spiro atoms. The van der Waals surface area contributed by atoms with Crippen LogP contribution in [0.5, 0.6) is 0 Å². The Balaban J connectivity index is 5.43. The molecule has 0 rings (SSSR count). The van der Waals surface area contributed by atoms with Gasteiger partial charge in [0.15, 0.2) is 0 Å². The summed E-state index contributed by atoms with van der Waals surface area (Å²) in [5, 5.41) is 0. The zero-order valence-corrected chi connectivity index (χ0v) is 5.56. The van der Waals surface area contributed by atoms with Gasteiger partial charge in [0.05, 0.1) is 12.2 Å². The third-order valence-electron chi connectivity index (χ3n) is 0.797. The monoisotopic (exact) mass is 140 g/mol. The molecule has 0 N–H and O–H groups in total. The lowest BCUT2D eigenvalue weighted by atomic mass is 10.3. The molecule has 0 saturated heterocycles. The minimum atomic E-state index is -2.90. The molecule has 0 radical (unpaired) electrons. The van der Waals surface area contributed by atoms with E-state index in [1.165, 1.54) is 0 Å². The van der Waals surface area contributed by atoms with Gasteiger partial charge in [-0.15, -0.1) is 0 Å². The Morgan fingerprint density at radius 1 is 1.33 bits per heavy atom. The third-order valence-corrected chi connectivity index (χ3v) is 0.797. The summed E-state index contributed by atoms with van der Waals surface area (Å²) in [7, 11) is 0. The molecular weight excluding hydrogens is 112 g/mol. The molecule has 1 heteroatoms. The first-order chi connectivity index (χ1) is 7.97. The summed E-state index contributed by atoms with van der Waals surface area (Å²) in [6.07, 6.45) is -8.72. The fraction of sp³-hybridized carbons (Fsp3) is 1.00. The molecule has 0 heterocycles. The van der Waals surface area contributed by atoms with Crippen LogP contribution in [0.15, 0.2) is 0 Å². The summed E-state index contributed by atoms with van der Waals surface area (Å²) < 4.78 is 77.8. The smallest absolute Gasteiger partial charge is 0.0548 e. The molecular formula is C8H18O. The highest BCUT2D eigenvalue weighted by Crippen LogP contribution is 2.03. The van der Waals surface area contributed by atoms with Gasteiger partial charge in [-0.3, -0.25) is 0 Å². The van der Waals surface area contributed by atoms with Crippen molar-refractivity contribution in [3.05, 3.63) is 0 Å². The fourth-order valence-corrected chi connectivity index (χ4v) is 0.272. The molecule has 0 bridgehead atoms. The summed E-state index contributed by atoms with van der Waals surface area (Å²) in [5.74, 6) is 0. The van der Waals surface area contributed by atoms with E-state index in [-0.39, 0.29) is 0 Å². The molecule has 9 heavy (non-hydrogen) atoms. The Morgan fingerprint density at radius 3 is 2.00 bits per heavy atom. The van der Waals surface area contributed by atoms with Gasteiger partial charge in [-0.25, -0.2) is 0 Å². The van der Waals surface area contributed by atoms with E-state index in [0.717, 1.165) is 13.8 Å². The van der Waals surface area contributed by atoms with E-state index >= 15 is 0 Å². The lowest BCUT2D eigenvalue weighted by molar-refractivity contribution is 0.00511. The first-order valence-corrected chi connectivity index (χ1v) is 2.63. The van der Waals surface area contributed by atoms with Gasteiger partial charge in [-0.1, -0.05) is 13.8 Å². The second-order valence-corrected chi connectivity index (χ2v) is 1.47. The van der Waals surface area contributed by atoms with Crippen molar-refractivity contribution >= 4 is 0 Å².